The largest absolute Gasteiger partial charge is 0.456 e. The molecule has 8 nitrogen and oxygen atoms in total. The second-order valence-corrected chi connectivity index (χ2v) is 21.1. The summed E-state index contributed by atoms with van der Waals surface area (Å²) in [5.74, 6) is 1.35. The topological polar surface area (TPSA) is 104 Å². The average Bonchev–Trinajstić information content (AvgIpc) is 2.62. The maximum atomic E-state index is 6.59. The summed E-state index contributed by atoms with van der Waals surface area (Å²) in [7, 11) is 0. The third-order valence-corrected chi connectivity index (χ3v) is 16.2. The highest BCUT2D eigenvalue weighted by Gasteiger charge is 2.24. The third kappa shape index (κ3) is 7.69. The van der Waals surface area contributed by atoms with Crippen LogP contribution in [0, 0.1) is 0 Å². The first-order chi connectivity index (χ1) is 41.6. The Morgan fingerprint density at radius 1 is 0.190 bits per heavy atom. The number of fused-ring (bicyclic) bond motifs is 18. The Morgan fingerprint density at radius 2 is 0.500 bits per heavy atom. The van der Waals surface area contributed by atoms with Crippen LogP contribution in [0.15, 0.2) is 285 Å². The zero-order chi connectivity index (χ0) is 55.2. The van der Waals surface area contributed by atoms with Crippen LogP contribution in [-0.2, 0) is 0 Å². The minimum absolute atomic E-state index is 0.660. The summed E-state index contributed by atoms with van der Waals surface area (Å²) in [4.78, 5) is 20.4. The van der Waals surface area contributed by atoms with Gasteiger partial charge in [0, 0.05) is 76.5 Å². The summed E-state index contributed by atoms with van der Waals surface area (Å²) in [6, 6.07) is 90.7. The number of furan rings is 4. The third-order valence-electron chi connectivity index (χ3n) is 16.2. The molecule has 0 saturated heterocycles. The highest BCUT2D eigenvalue weighted by Crippen LogP contribution is 2.47. The van der Waals surface area contributed by atoms with E-state index in [0.717, 1.165) is 165 Å². The van der Waals surface area contributed by atoms with Gasteiger partial charge in [0.25, 0.3) is 0 Å². The highest BCUT2D eigenvalue weighted by molar-refractivity contribution is 6.33. The van der Waals surface area contributed by atoms with E-state index in [2.05, 4.69) is 146 Å². The van der Waals surface area contributed by atoms with Gasteiger partial charge in [-0.15, -0.1) is 0 Å². The molecule has 0 aliphatic rings. The molecule has 0 radical (unpaired) electrons. The van der Waals surface area contributed by atoms with Gasteiger partial charge >= 0.3 is 0 Å². The second-order valence-electron chi connectivity index (χ2n) is 21.1. The highest BCUT2D eigenvalue weighted by atomic mass is 16.3. The van der Waals surface area contributed by atoms with E-state index in [-0.39, 0.29) is 0 Å². The van der Waals surface area contributed by atoms with E-state index in [0.29, 0.717) is 11.6 Å². The van der Waals surface area contributed by atoms with Gasteiger partial charge in [0.15, 0.2) is 11.6 Å². The van der Waals surface area contributed by atoms with E-state index in [4.69, 9.17) is 37.6 Å². The molecule has 0 aliphatic heterocycles. The number of rotatable bonds is 6. The molecule has 0 bridgehead atoms. The molecule has 0 spiro atoms. The molecule has 18 rings (SSSR count). The fraction of sp³-hybridized carbons (Fsp3) is 0. The molecule has 0 amide bonds. The van der Waals surface area contributed by atoms with Crippen molar-refractivity contribution in [1.29, 1.82) is 0 Å². The van der Waals surface area contributed by atoms with Gasteiger partial charge in [0.05, 0.1) is 22.8 Å². The van der Waals surface area contributed by atoms with Crippen LogP contribution < -0.4 is 0 Å². The maximum Gasteiger partial charge on any atom is 0.161 e. The Labute approximate surface area is 479 Å². The molecule has 0 aliphatic carbocycles. The van der Waals surface area contributed by atoms with E-state index in [1.54, 1.807) is 0 Å². The van der Waals surface area contributed by atoms with Gasteiger partial charge in [-0.05, 0) is 82.2 Å². The van der Waals surface area contributed by atoms with E-state index in [1.807, 2.05) is 121 Å². The monoisotopic (exact) mass is 1080 g/mol. The first kappa shape index (κ1) is 47.3. The Balaban J connectivity index is 0.000000132. The number of nitrogens with zero attached hydrogens (tertiary/aromatic N) is 4. The number of aromatic nitrogens is 4. The van der Waals surface area contributed by atoms with Gasteiger partial charge in [-0.2, -0.15) is 0 Å². The summed E-state index contributed by atoms with van der Waals surface area (Å²) in [6.07, 6.45) is 0. The van der Waals surface area contributed by atoms with Crippen LogP contribution in [0.5, 0.6) is 0 Å². The first-order valence-electron chi connectivity index (χ1n) is 28.0. The van der Waals surface area contributed by atoms with Crippen molar-refractivity contribution in [2.75, 3.05) is 0 Å². The Kier molecular flexibility index (Phi) is 10.8. The van der Waals surface area contributed by atoms with Crippen molar-refractivity contribution < 1.29 is 17.7 Å². The molecule has 84 heavy (non-hydrogen) atoms. The standard InChI is InChI=1S/2C38H22N2O2/c1-3-11-23(12-4-1)29-22-30(40-38(39-29)24-13-5-2-6-14-24)28-21-34-35(26-16-8-7-15-25(26)28)37-33(42-34)20-19-32-36(37)27-17-9-10-18-31(27)41-32;1-3-11-23(12-4-1)29-22-30(24-13-5-2-6-14-24)40-38(39-29)28-21-34-35(26-16-8-7-15-25(26)28)37-33(42-34)20-19-32-36(37)27-17-9-10-18-31(27)41-32/h2*1-22H. The van der Waals surface area contributed by atoms with Crippen molar-refractivity contribution in [3.05, 3.63) is 267 Å². The fourth-order valence-electron chi connectivity index (χ4n) is 12.4. The van der Waals surface area contributed by atoms with Crippen molar-refractivity contribution in [1.82, 2.24) is 19.9 Å². The maximum absolute atomic E-state index is 6.59. The lowest BCUT2D eigenvalue weighted by Crippen LogP contribution is -1.96. The molecule has 0 atom stereocenters. The normalized spacial score (nSPS) is 11.8. The summed E-state index contributed by atoms with van der Waals surface area (Å²) >= 11 is 0. The van der Waals surface area contributed by atoms with Crippen LogP contribution in [-0.4, -0.2) is 19.9 Å². The molecule has 12 aromatic carbocycles. The Morgan fingerprint density at radius 3 is 0.964 bits per heavy atom. The van der Waals surface area contributed by atoms with Crippen molar-refractivity contribution >= 4 is 109 Å². The molecule has 0 N–H and O–H groups in total. The van der Waals surface area contributed by atoms with Gasteiger partial charge in [-0.1, -0.05) is 206 Å². The average molecular weight is 1080 g/mol. The molecule has 0 unspecified atom stereocenters. The summed E-state index contributed by atoms with van der Waals surface area (Å²) in [5, 5.41) is 13.0. The van der Waals surface area contributed by atoms with Gasteiger partial charge in [-0.3, -0.25) is 0 Å². The van der Waals surface area contributed by atoms with Crippen LogP contribution in [0.1, 0.15) is 0 Å². The smallest absolute Gasteiger partial charge is 0.161 e. The van der Waals surface area contributed by atoms with Crippen molar-refractivity contribution in [3.8, 4) is 67.8 Å². The molecule has 18 aromatic rings. The zero-order valence-corrected chi connectivity index (χ0v) is 44.8. The van der Waals surface area contributed by atoms with Gasteiger partial charge in [0.2, 0.25) is 0 Å². The van der Waals surface area contributed by atoms with Crippen molar-refractivity contribution in [2.45, 2.75) is 0 Å². The summed E-state index contributed by atoms with van der Waals surface area (Å²) in [5.41, 5.74) is 16.2. The minimum atomic E-state index is 0.660. The lowest BCUT2D eigenvalue weighted by molar-refractivity contribution is 0.663. The fourth-order valence-corrected chi connectivity index (χ4v) is 12.4. The van der Waals surface area contributed by atoms with Gasteiger partial charge in [0.1, 0.15) is 44.7 Å². The number of hydrogen-bond acceptors (Lipinski definition) is 8. The quantitative estimate of drug-likeness (QED) is 0.162. The number of hydrogen-bond donors (Lipinski definition) is 0. The molecule has 6 heterocycles. The Hall–Kier alpha value is -11.5. The molecule has 0 saturated carbocycles. The Bertz CT molecular complexity index is 5150. The second kappa shape index (κ2) is 19.1. The minimum Gasteiger partial charge on any atom is -0.456 e. The lowest BCUT2D eigenvalue weighted by Gasteiger charge is -2.12. The summed E-state index contributed by atoms with van der Waals surface area (Å²) in [6.45, 7) is 0. The molecule has 392 valence electrons. The van der Waals surface area contributed by atoms with Crippen LogP contribution in [0.25, 0.3) is 177 Å². The zero-order valence-electron chi connectivity index (χ0n) is 44.8. The van der Waals surface area contributed by atoms with Crippen molar-refractivity contribution in [3.63, 3.8) is 0 Å². The molecular weight excluding hydrogens is 1030 g/mol. The van der Waals surface area contributed by atoms with Crippen LogP contribution >= 0.6 is 0 Å². The van der Waals surface area contributed by atoms with Gasteiger partial charge in [-0.25, -0.2) is 19.9 Å². The predicted octanol–water partition coefficient (Wildman–Crippen LogP) is 20.9. The van der Waals surface area contributed by atoms with Crippen molar-refractivity contribution in [2.24, 2.45) is 0 Å². The van der Waals surface area contributed by atoms with Gasteiger partial charge < -0.3 is 17.7 Å². The molecular formula is C76H44N4O4. The SMILES string of the molecule is c1ccc(-c2cc(-c3cc4oc5ccc6oc7ccccc7c6c5c4c4ccccc34)nc(-c3ccccc3)n2)cc1.c1ccc(-c2cc(-c3ccccc3)nc(-c3cc4oc5ccc6oc7ccccc7c6c5c4c4ccccc34)n2)cc1. The van der Waals surface area contributed by atoms with E-state index in [1.165, 1.54) is 0 Å². The van der Waals surface area contributed by atoms with Crippen LogP contribution in [0.3, 0.4) is 0 Å². The summed E-state index contributed by atoms with van der Waals surface area (Å²) < 4.78 is 25.6. The lowest BCUT2D eigenvalue weighted by atomic mass is 9.95. The molecule has 6 aromatic heterocycles. The number of para-hydroxylation sites is 2. The van der Waals surface area contributed by atoms with E-state index >= 15 is 0 Å². The first-order valence-corrected chi connectivity index (χ1v) is 28.0. The molecule has 8 heteroatoms. The van der Waals surface area contributed by atoms with E-state index < -0.39 is 0 Å². The predicted molar refractivity (Wildman–Crippen MR) is 341 cm³/mol. The van der Waals surface area contributed by atoms with E-state index in [9.17, 15) is 0 Å². The van der Waals surface area contributed by atoms with Crippen LogP contribution in [0.2, 0.25) is 0 Å². The number of benzene rings is 12. The van der Waals surface area contributed by atoms with Crippen LogP contribution in [0.4, 0.5) is 0 Å². The molecule has 0 fully saturated rings.